The van der Waals surface area contributed by atoms with Crippen molar-refractivity contribution in [3.63, 3.8) is 0 Å². The minimum Gasteiger partial charge on any atom is -0.464 e. The topological polar surface area (TPSA) is 55.8 Å². The highest BCUT2D eigenvalue weighted by Crippen LogP contribution is 2.23. The van der Waals surface area contributed by atoms with E-state index in [1.165, 1.54) is 4.90 Å². The summed E-state index contributed by atoms with van der Waals surface area (Å²) in [5, 5.41) is 0. The Hall–Kier alpha value is -2.11. The number of ether oxygens (including phenoxy) is 2. The molecule has 0 bridgehead atoms. The van der Waals surface area contributed by atoms with Crippen molar-refractivity contribution in [2.24, 2.45) is 5.92 Å². The Morgan fingerprint density at radius 1 is 1.29 bits per heavy atom. The molecule has 1 aromatic rings. The maximum Gasteiger partial charge on any atom is 0.410 e. The number of hydrogen-bond acceptors (Lipinski definition) is 4. The van der Waals surface area contributed by atoms with Crippen LogP contribution < -0.4 is 0 Å². The molecule has 1 aromatic carbocycles. The summed E-state index contributed by atoms with van der Waals surface area (Å²) in [4.78, 5) is 24.3. The van der Waals surface area contributed by atoms with Gasteiger partial charge >= 0.3 is 12.1 Å². The minimum atomic E-state index is -1.68. The Balaban J connectivity index is 1.71. The molecule has 1 amide bonds. The molecule has 0 spiro atoms. The number of hydrogen-bond donors (Lipinski definition) is 0. The van der Waals surface area contributed by atoms with Crippen molar-refractivity contribution in [1.82, 2.24) is 4.90 Å². The largest absolute Gasteiger partial charge is 0.464 e. The normalized spacial score (nSPS) is 16.0. The lowest BCUT2D eigenvalue weighted by Crippen LogP contribution is -2.55. The molecule has 1 unspecified atom stereocenters. The zero-order valence-electron chi connectivity index (χ0n) is 11.8. The van der Waals surface area contributed by atoms with Gasteiger partial charge in [0.15, 0.2) is 0 Å². The zero-order valence-corrected chi connectivity index (χ0v) is 11.8. The Labute approximate surface area is 122 Å². The molecule has 2 rings (SSSR count). The summed E-state index contributed by atoms with van der Waals surface area (Å²) < 4.78 is 23.4. The van der Waals surface area contributed by atoms with Crippen molar-refractivity contribution >= 4 is 12.1 Å². The third-order valence-corrected chi connectivity index (χ3v) is 3.30. The molecule has 1 heterocycles. The summed E-state index contributed by atoms with van der Waals surface area (Å²) >= 11 is 0. The second-order valence-electron chi connectivity index (χ2n) is 4.86. The fourth-order valence-corrected chi connectivity index (χ4v) is 2.07. The Morgan fingerprint density at radius 3 is 2.57 bits per heavy atom. The predicted octanol–water partition coefficient (Wildman–Crippen LogP) is 2.16. The van der Waals surface area contributed by atoms with Crippen LogP contribution in [0.15, 0.2) is 30.3 Å². The first-order valence-electron chi connectivity index (χ1n) is 6.88. The number of carbonyl (C=O) groups excluding carboxylic acids is 2. The first-order chi connectivity index (χ1) is 10.1. The number of nitrogens with zero attached hydrogens (tertiary/aromatic N) is 1. The number of amides is 1. The van der Waals surface area contributed by atoms with E-state index in [4.69, 9.17) is 4.74 Å². The SMILES string of the molecule is CCOC(=O)C(F)C1CN(C(=O)OCc2ccccc2)C1. The Morgan fingerprint density at radius 2 is 1.95 bits per heavy atom. The quantitative estimate of drug-likeness (QED) is 0.781. The highest BCUT2D eigenvalue weighted by atomic mass is 19.1. The van der Waals surface area contributed by atoms with Crippen LogP contribution in [0.3, 0.4) is 0 Å². The van der Waals surface area contributed by atoms with E-state index in [1.54, 1.807) is 6.92 Å². The van der Waals surface area contributed by atoms with Crippen LogP contribution in [0.4, 0.5) is 9.18 Å². The van der Waals surface area contributed by atoms with Gasteiger partial charge in [0.25, 0.3) is 0 Å². The van der Waals surface area contributed by atoms with E-state index >= 15 is 0 Å². The standard InChI is InChI=1S/C15H18FNO4/c1-2-20-14(18)13(16)12-8-17(9-12)15(19)21-10-11-6-4-3-5-7-11/h3-7,12-13H,2,8-10H2,1H3. The summed E-state index contributed by atoms with van der Waals surface area (Å²) in [6, 6.07) is 9.29. The van der Waals surface area contributed by atoms with Crippen LogP contribution in [0.1, 0.15) is 12.5 Å². The molecule has 5 nitrogen and oxygen atoms in total. The highest BCUT2D eigenvalue weighted by Gasteiger charge is 2.41. The molecule has 1 saturated heterocycles. The first-order valence-corrected chi connectivity index (χ1v) is 6.88. The van der Waals surface area contributed by atoms with Gasteiger partial charge in [-0.25, -0.2) is 14.0 Å². The van der Waals surface area contributed by atoms with Crippen molar-refractivity contribution in [2.75, 3.05) is 19.7 Å². The number of halogens is 1. The number of esters is 1. The van der Waals surface area contributed by atoms with Gasteiger partial charge in [-0.05, 0) is 12.5 Å². The molecule has 0 aromatic heterocycles. The maximum atomic E-state index is 13.7. The van der Waals surface area contributed by atoms with Crippen LogP contribution in [-0.4, -0.2) is 42.8 Å². The van der Waals surface area contributed by atoms with Gasteiger partial charge in [0.2, 0.25) is 6.17 Å². The first kappa shape index (κ1) is 15.3. The molecule has 1 aliphatic heterocycles. The van der Waals surface area contributed by atoms with Gasteiger partial charge in [-0.1, -0.05) is 30.3 Å². The fourth-order valence-electron chi connectivity index (χ4n) is 2.07. The van der Waals surface area contributed by atoms with Gasteiger partial charge in [-0.2, -0.15) is 0 Å². The average Bonchev–Trinajstić information content (AvgIpc) is 2.44. The molecule has 0 N–H and O–H groups in total. The third-order valence-electron chi connectivity index (χ3n) is 3.30. The van der Waals surface area contributed by atoms with Crippen LogP contribution in [0.5, 0.6) is 0 Å². The molecular formula is C15H18FNO4. The van der Waals surface area contributed by atoms with Crippen molar-refractivity contribution < 1.29 is 23.5 Å². The monoisotopic (exact) mass is 295 g/mol. The lowest BCUT2D eigenvalue weighted by molar-refractivity contribution is -0.153. The highest BCUT2D eigenvalue weighted by molar-refractivity contribution is 5.76. The van der Waals surface area contributed by atoms with E-state index in [0.29, 0.717) is 0 Å². The Bertz CT molecular complexity index is 488. The van der Waals surface area contributed by atoms with Gasteiger partial charge in [0.05, 0.1) is 6.61 Å². The lowest BCUT2D eigenvalue weighted by Gasteiger charge is -2.38. The van der Waals surface area contributed by atoms with Crippen molar-refractivity contribution in [3.05, 3.63) is 35.9 Å². The van der Waals surface area contributed by atoms with Crippen LogP contribution >= 0.6 is 0 Å². The molecule has 1 atom stereocenters. The van der Waals surface area contributed by atoms with Crippen LogP contribution in [0.25, 0.3) is 0 Å². The van der Waals surface area contributed by atoms with E-state index in [9.17, 15) is 14.0 Å². The van der Waals surface area contributed by atoms with Crippen LogP contribution in [0, 0.1) is 5.92 Å². The van der Waals surface area contributed by atoms with E-state index in [-0.39, 0.29) is 26.3 Å². The number of likely N-dealkylation sites (tertiary alicyclic amines) is 1. The van der Waals surface area contributed by atoms with Crippen LogP contribution in [-0.2, 0) is 20.9 Å². The maximum absolute atomic E-state index is 13.7. The van der Waals surface area contributed by atoms with Crippen LogP contribution in [0.2, 0.25) is 0 Å². The fraction of sp³-hybridized carbons (Fsp3) is 0.467. The molecule has 1 aliphatic rings. The molecule has 114 valence electrons. The lowest BCUT2D eigenvalue weighted by atomic mass is 9.95. The molecule has 21 heavy (non-hydrogen) atoms. The minimum absolute atomic E-state index is 0.148. The zero-order chi connectivity index (χ0) is 15.2. The van der Waals surface area contributed by atoms with Gasteiger partial charge in [-0.15, -0.1) is 0 Å². The second kappa shape index (κ2) is 7.06. The molecule has 6 heteroatoms. The van der Waals surface area contributed by atoms with Gasteiger partial charge in [0.1, 0.15) is 6.61 Å². The van der Waals surface area contributed by atoms with Gasteiger partial charge in [-0.3, -0.25) is 0 Å². The third kappa shape index (κ3) is 3.93. The Kier molecular flexibility index (Phi) is 5.14. The van der Waals surface area contributed by atoms with Gasteiger partial charge < -0.3 is 14.4 Å². The van der Waals surface area contributed by atoms with Crippen molar-refractivity contribution in [2.45, 2.75) is 19.7 Å². The molecule has 0 radical (unpaired) electrons. The van der Waals surface area contributed by atoms with E-state index < -0.39 is 24.2 Å². The summed E-state index contributed by atoms with van der Waals surface area (Å²) in [6.45, 7) is 2.30. The van der Waals surface area contributed by atoms with E-state index in [0.717, 1.165) is 5.56 Å². The molecule has 0 aliphatic carbocycles. The van der Waals surface area contributed by atoms with Crippen molar-refractivity contribution in [3.8, 4) is 0 Å². The second-order valence-corrected chi connectivity index (χ2v) is 4.86. The average molecular weight is 295 g/mol. The summed E-state index contributed by atoms with van der Waals surface area (Å²) in [5.41, 5.74) is 0.887. The molecule has 0 saturated carbocycles. The summed E-state index contributed by atoms with van der Waals surface area (Å²) in [6.07, 6.45) is -2.17. The summed E-state index contributed by atoms with van der Waals surface area (Å²) in [7, 11) is 0. The molecule has 1 fully saturated rings. The predicted molar refractivity (Wildman–Crippen MR) is 73.2 cm³/mol. The van der Waals surface area contributed by atoms with E-state index in [2.05, 4.69) is 4.74 Å². The number of benzene rings is 1. The smallest absolute Gasteiger partial charge is 0.410 e. The number of alkyl halides is 1. The summed E-state index contributed by atoms with van der Waals surface area (Å²) in [5.74, 6) is -1.37. The molecular weight excluding hydrogens is 277 g/mol. The number of carbonyl (C=O) groups is 2. The van der Waals surface area contributed by atoms with E-state index in [1.807, 2.05) is 30.3 Å². The van der Waals surface area contributed by atoms with Crippen molar-refractivity contribution in [1.29, 1.82) is 0 Å². The number of rotatable bonds is 5. The van der Waals surface area contributed by atoms with Gasteiger partial charge in [0, 0.05) is 19.0 Å².